The molecule has 0 spiro atoms. The summed E-state index contributed by atoms with van der Waals surface area (Å²) in [5, 5.41) is 7.86. The van der Waals surface area contributed by atoms with Crippen molar-refractivity contribution in [2.24, 2.45) is 0 Å². The van der Waals surface area contributed by atoms with Crippen molar-refractivity contribution in [2.75, 3.05) is 17.3 Å². The van der Waals surface area contributed by atoms with Crippen molar-refractivity contribution >= 4 is 56.2 Å². The number of para-hydroxylation sites is 1. The number of hydrogen-bond donors (Lipinski definition) is 2. The first-order chi connectivity index (χ1) is 19.1. The van der Waals surface area contributed by atoms with Crippen LogP contribution in [0.4, 0.5) is 11.4 Å². The standard InChI is InChI=1S/C29H26N6O2S2/c1-3-25(36)31-19-14-13-18(17-23(19)37-2)35-27(26(33-28(35)38)21-10-6-7-15-30-21)22-11-8-16-34(22)29-32-20-9-4-5-12-24(20)39-29/h4-17,26-27H,3H2,1-2H3,(H,31,36)(H,33,38)/t26-,27+/m1/s1. The van der Waals surface area contributed by atoms with Crippen LogP contribution in [-0.4, -0.2) is 32.7 Å². The van der Waals surface area contributed by atoms with E-state index in [0.717, 1.165) is 32.4 Å². The molecule has 8 nitrogen and oxygen atoms in total. The summed E-state index contributed by atoms with van der Waals surface area (Å²) in [6.07, 6.45) is 4.20. The Hall–Kier alpha value is -4.28. The second kappa shape index (κ2) is 10.5. The molecule has 0 bridgehead atoms. The van der Waals surface area contributed by atoms with Gasteiger partial charge in [-0.15, -0.1) is 0 Å². The fourth-order valence-corrected chi connectivity index (χ4v) is 6.19. The van der Waals surface area contributed by atoms with Gasteiger partial charge < -0.3 is 20.3 Å². The van der Waals surface area contributed by atoms with Crippen LogP contribution in [0.2, 0.25) is 0 Å². The van der Waals surface area contributed by atoms with Crippen molar-refractivity contribution in [1.82, 2.24) is 19.9 Å². The molecule has 4 heterocycles. The smallest absolute Gasteiger partial charge is 0.224 e. The van der Waals surface area contributed by atoms with Gasteiger partial charge >= 0.3 is 0 Å². The summed E-state index contributed by atoms with van der Waals surface area (Å²) in [7, 11) is 1.59. The maximum absolute atomic E-state index is 12.1. The minimum atomic E-state index is -0.241. The lowest BCUT2D eigenvalue weighted by molar-refractivity contribution is -0.115. The van der Waals surface area contributed by atoms with Gasteiger partial charge in [0.25, 0.3) is 0 Å². The Morgan fingerprint density at radius 2 is 1.97 bits per heavy atom. The van der Waals surface area contributed by atoms with E-state index in [-0.39, 0.29) is 18.0 Å². The number of carbonyl (C=O) groups is 1. The number of carbonyl (C=O) groups excluding carboxylic acids is 1. The molecule has 1 amide bonds. The quantitative estimate of drug-likeness (QED) is 0.238. The van der Waals surface area contributed by atoms with Crippen molar-refractivity contribution in [3.63, 3.8) is 0 Å². The van der Waals surface area contributed by atoms with Gasteiger partial charge in [0.05, 0.1) is 40.4 Å². The van der Waals surface area contributed by atoms with E-state index in [1.54, 1.807) is 24.6 Å². The van der Waals surface area contributed by atoms with Crippen LogP contribution in [0.5, 0.6) is 5.75 Å². The van der Waals surface area contributed by atoms with Crippen LogP contribution in [-0.2, 0) is 4.79 Å². The molecule has 3 aromatic heterocycles. The minimum absolute atomic E-state index is 0.0823. The van der Waals surface area contributed by atoms with Crippen molar-refractivity contribution < 1.29 is 9.53 Å². The van der Waals surface area contributed by atoms with Crippen LogP contribution < -0.4 is 20.3 Å². The van der Waals surface area contributed by atoms with Crippen LogP contribution in [0.15, 0.2) is 85.2 Å². The molecule has 1 saturated heterocycles. The molecule has 39 heavy (non-hydrogen) atoms. The second-order valence-electron chi connectivity index (χ2n) is 9.05. The van der Waals surface area contributed by atoms with Crippen molar-refractivity contribution in [3.8, 4) is 10.9 Å². The van der Waals surface area contributed by atoms with Crippen LogP contribution in [0.1, 0.15) is 36.8 Å². The highest BCUT2D eigenvalue weighted by molar-refractivity contribution is 7.80. The number of anilines is 2. The number of thiocarbonyl (C=S) groups is 1. The van der Waals surface area contributed by atoms with Gasteiger partial charge in [0.2, 0.25) is 5.91 Å². The van der Waals surface area contributed by atoms with Crippen LogP contribution >= 0.6 is 23.6 Å². The van der Waals surface area contributed by atoms with E-state index < -0.39 is 0 Å². The van der Waals surface area contributed by atoms with Crippen LogP contribution in [0, 0.1) is 0 Å². The summed E-state index contributed by atoms with van der Waals surface area (Å²) in [5.74, 6) is 0.472. The number of aromatic nitrogens is 3. The van der Waals surface area contributed by atoms with E-state index in [1.165, 1.54) is 0 Å². The Morgan fingerprint density at radius 3 is 2.74 bits per heavy atom. The molecule has 1 aliphatic rings. The number of methoxy groups -OCH3 is 1. The SMILES string of the molecule is CCC(=O)Nc1ccc(N2C(=S)N[C@H](c3ccccn3)[C@@H]2c2cccn2-c2nc3ccccc3s2)cc1OC. The Morgan fingerprint density at radius 1 is 1.13 bits per heavy atom. The predicted octanol–water partition coefficient (Wildman–Crippen LogP) is 6.02. The van der Waals surface area contributed by atoms with Crippen molar-refractivity contribution in [1.29, 1.82) is 0 Å². The number of rotatable bonds is 7. The third-order valence-corrected chi connectivity index (χ3v) is 8.08. The Balaban J connectivity index is 1.47. The average molecular weight is 555 g/mol. The molecule has 0 unspecified atom stereocenters. The van der Waals surface area contributed by atoms with E-state index in [2.05, 4.69) is 37.2 Å². The highest BCUT2D eigenvalue weighted by Gasteiger charge is 2.42. The van der Waals surface area contributed by atoms with Gasteiger partial charge in [-0.1, -0.05) is 36.5 Å². The van der Waals surface area contributed by atoms with Gasteiger partial charge in [-0.25, -0.2) is 4.98 Å². The molecule has 0 radical (unpaired) electrons. The maximum atomic E-state index is 12.1. The number of nitrogens with one attached hydrogen (secondary N) is 2. The lowest BCUT2D eigenvalue weighted by atomic mass is 10.0. The van der Waals surface area contributed by atoms with Gasteiger partial charge in [0, 0.05) is 30.6 Å². The number of thiazole rings is 1. The lowest BCUT2D eigenvalue weighted by Gasteiger charge is -2.29. The third kappa shape index (κ3) is 4.62. The molecule has 2 N–H and O–H groups in total. The molecule has 2 aromatic carbocycles. The fourth-order valence-electron chi connectivity index (χ4n) is 4.88. The number of ether oxygens (including phenoxy) is 1. The number of hydrogen-bond acceptors (Lipinski definition) is 6. The molecule has 2 atom stereocenters. The Labute approximate surface area is 235 Å². The molecule has 196 valence electrons. The molecule has 0 saturated carbocycles. The van der Waals surface area contributed by atoms with Gasteiger partial charge in [0.15, 0.2) is 10.2 Å². The second-order valence-corrected chi connectivity index (χ2v) is 10.4. The fraction of sp³-hybridized carbons (Fsp3) is 0.172. The molecular formula is C29H26N6O2S2. The van der Waals surface area contributed by atoms with Gasteiger partial charge in [0.1, 0.15) is 11.8 Å². The van der Waals surface area contributed by atoms with Gasteiger partial charge in [-0.2, -0.15) is 0 Å². The summed E-state index contributed by atoms with van der Waals surface area (Å²) in [6, 6.07) is 23.4. The monoisotopic (exact) mass is 554 g/mol. The van der Waals surface area contributed by atoms with E-state index in [1.807, 2.05) is 73.8 Å². The third-order valence-electron chi connectivity index (χ3n) is 6.73. The molecule has 0 aliphatic carbocycles. The number of benzene rings is 2. The lowest BCUT2D eigenvalue weighted by Crippen LogP contribution is -2.30. The molecule has 1 aliphatic heterocycles. The highest BCUT2D eigenvalue weighted by Crippen LogP contribution is 2.44. The first kappa shape index (κ1) is 25.0. The molecule has 1 fully saturated rings. The normalized spacial score (nSPS) is 16.9. The summed E-state index contributed by atoms with van der Waals surface area (Å²) in [6.45, 7) is 1.81. The zero-order chi connectivity index (χ0) is 26.9. The number of pyridine rings is 1. The topological polar surface area (TPSA) is 84.3 Å². The molecule has 10 heteroatoms. The summed E-state index contributed by atoms with van der Waals surface area (Å²) in [4.78, 5) is 23.7. The zero-order valence-corrected chi connectivity index (χ0v) is 23.0. The minimum Gasteiger partial charge on any atom is -0.494 e. The first-order valence-corrected chi connectivity index (χ1v) is 13.8. The number of amides is 1. The number of fused-ring (bicyclic) bond motifs is 1. The van der Waals surface area contributed by atoms with Crippen LogP contribution in [0.3, 0.4) is 0 Å². The average Bonchev–Trinajstić information content (AvgIpc) is 3.70. The Kier molecular flexibility index (Phi) is 6.72. The molecular weight excluding hydrogens is 528 g/mol. The summed E-state index contributed by atoms with van der Waals surface area (Å²) in [5.41, 5.74) is 4.30. The largest absolute Gasteiger partial charge is 0.494 e. The zero-order valence-electron chi connectivity index (χ0n) is 21.4. The highest BCUT2D eigenvalue weighted by atomic mass is 32.1. The molecule has 5 aromatic rings. The first-order valence-electron chi connectivity index (χ1n) is 12.6. The number of nitrogens with zero attached hydrogens (tertiary/aromatic N) is 4. The molecule has 6 rings (SSSR count). The van der Waals surface area contributed by atoms with Crippen molar-refractivity contribution in [3.05, 3.63) is 96.6 Å². The van der Waals surface area contributed by atoms with Crippen LogP contribution in [0.25, 0.3) is 15.3 Å². The van der Waals surface area contributed by atoms with Gasteiger partial charge in [-0.3, -0.25) is 14.3 Å². The van der Waals surface area contributed by atoms with E-state index in [4.69, 9.17) is 21.9 Å². The summed E-state index contributed by atoms with van der Waals surface area (Å²) >= 11 is 7.56. The van der Waals surface area contributed by atoms with E-state index in [0.29, 0.717) is 23.0 Å². The predicted molar refractivity (Wildman–Crippen MR) is 159 cm³/mol. The van der Waals surface area contributed by atoms with Crippen molar-refractivity contribution in [2.45, 2.75) is 25.4 Å². The van der Waals surface area contributed by atoms with E-state index >= 15 is 0 Å². The van der Waals surface area contributed by atoms with E-state index in [9.17, 15) is 4.79 Å². The maximum Gasteiger partial charge on any atom is 0.224 e. The summed E-state index contributed by atoms with van der Waals surface area (Å²) < 4.78 is 8.91. The Bertz CT molecular complexity index is 1630. The van der Waals surface area contributed by atoms with Gasteiger partial charge in [-0.05, 0) is 60.7 Å².